The number of ether oxygens (including phenoxy) is 1. The number of nitrogens with zero attached hydrogens (tertiary/aromatic N) is 4. The normalized spacial score (nSPS) is 21.4. The van der Waals surface area contributed by atoms with Crippen molar-refractivity contribution in [3.8, 4) is 0 Å². The van der Waals surface area contributed by atoms with Crippen molar-refractivity contribution in [1.82, 2.24) is 14.9 Å². The molecule has 126 valence electrons. The smallest absolute Gasteiger partial charge is 0.136 e. The first-order valence-electron chi connectivity index (χ1n) is 8.52. The Kier molecular flexibility index (Phi) is 4.32. The number of hydrogen-bond donors (Lipinski definition) is 1. The Balaban J connectivity index is 1.53. The summed E-state index contributed by atoms with van der Waals surface area (Å²) in [4.78, 5) is 14.0. The Labute approximate surface area is 142 Å². The van der Waals surface area contributed by atoms with Crippen LogP contribution in [-0.2, 0) is 4.74 Å². The molecule has 1 aromatic heterocycles. The second kappa shape index (κ2) is 6.75. The van der Waals surface area contributed by atoms with Crippen molar-refractivity contribution in [3.63, 3.8) is 0 Å². The van der Waals surface area contributed by atoms with Crippen molar-refractivity contribution < 1.29 is 4.74 Å². The van der Waals surface area contributed by atoms with Crippen LogP contribution in [0.4, 0.5) is 17.3 Å². The molecule has 1 aromatic carbocycles. The van der Waals surface area contributed by atoms with Crippen molar-refractivity contribution in [2.24, 2.45) is 0 Å². The van der Waals surface area contributed by atoms with Gasteiger partial charge in [0.05, 0.1) is 19.3 Å². The summed E-state index contributed by atoms with van der Waals surface area (Å²) >= 11 is 0. The van der Waals surface area contributed by atoms with E-state index in [9.17, 15) is 0 Å². The molecule has 24 heavy (non-hydrogen) atoms. The van der Waals surface area contributed by atoms with Gasteiger partial charge in [-0.15, -0.1) is 0 Å². The molecule has 1 N–H and O–H groups in total. The lowest BCUT2D eigenvalue weighted by Crippen LogP contribution is -2.58. The summed E-state index contributed by atoms with van der Waals surface area (Å²) in [6, 6.07) is 12.6. The van der Waals surface area contributed by atoms with Crippen LogP contribution in [0.3, 0.4) is 0 Å². The highest BCUT2D eigenvalue weighted by Crippen LogP contribution is 2.23. The van der Waals surface area contributed by atoms with Gasteiger partial charge in [-0.05, 0) is 19.1 Å². The van der Waals surface area contributed by atoms with Gasteiger partial charge in [0.1, 0.15) is 17.5 Å². The van der Waals surface area contributed by atoms with Crippen LogP contribution in [0.2, 0.25) is 0 Å². The summed E-state index contributed by atoms with van der Waals surface area (Å²) in [5, 5.41) is 3.37. The molecular weight excluding hydrogens is 302 g/mol. The van der Waals surface area contributed by atoms with E-state index in [4.69, 9.17) is 4.74 Å². The molecule has 0 spiro atoms. The fourth-order valence-corrected chi connectivity index (χ4v) is 3.40. The summed E-state index contributed by atoms with van der Waals surface area (Å²) in [5.74, 6) is 2.62. The van der Waals surface area contributed by atoms with Gasteiger partial charge in [0.2, 0.25) is 0 Å². The first kappa shape index (κ1) is 15.4. The van der Waals surface area contributed by atoms with Gasteiger partial charge >= 0.3 is 0 Å². The summed E-state index contributed by atoms with van der Waals surface area (Å²) in [5.41, 5.74) is 1.03. The SMILES string of the molecule is Cc1nc(Nc2ccccc2)cc(N2CCN3CCOCC3C2)n1. The molecular formula is C18H23N5O. The number of para-hydroxylation sites is 1. The Morgan fingerprint density at radius 2 is 2.00 bits per heavy atom. The Morgan fingerprint density at radius 1 is 1.12 bits per heavy atom. The molecule has 0 aliphatic carbocycles. The van der Waals surface area contributed by atoms with E-state index in [-0.39, 0.29) is 0 Å². The van der Waals surface area contributed by atoms with E-state index >= 15 is 0 Å². The number of hydrogen-bond acceptors (Lipinski definition) is 6. The minimum atomic E-state index is 0.466. The highest BCUT2D eigenvalue weighted by Gasteiger charge is 2.30. The van der Waals surface area contributed by atoms with E-state index in [0.717, 1.165) is 62.5 Å². The molecule has 0 bridgehead atoms. The van der Waals surface area contributed by atoms with Crippen molar-refractivity contribution >= 4 is 17.3 Å². The maximum Gasteiger partial charge on any atom is 0.136 e. The Morgan fingerprint density at radius 3 is 2.88 bits per heavy atom. The zero-order valence-electron chi connectivity index (χ0n) is 14.0. The molecule has 6 heteroatoms. The zero-order valence-corrected chi connectivity index (χ0v) is 14.0. The fourth-order valence-electron chi connectivity index (χ4n) is 3.40. The van der Waals surface area contributed by atoms with Gasteiger partial charge in [-0.1, -0.05) is 18.2 Å². The van der Waals surface area contributed by atoms with Crippen LogP contribution in [0.1, 0.15) is 5.82 Å². The molecule has 0 saturated carbocycles. The second-order valence-electron chi connectivity index (χ2n) is 6.36. The molecule has 1 atom stereocenters. The molecule has 6 nitrogen and oxygen atoms in total. The number of rotatable bonds is 3. The summed E-state index contributed by atoms with van der Waals surface area (Å²) in [7, 11) is 0. The van der Waals surface area contributed by atoms with Gasteiger partial charge in [0, 0.05) is 37.9 Å². The number of benzene rings is 1. The van der Waals surface area contributed by atoms with Gasteiger partial charge < -0.3 is 15.0 Å². The quantitative estimate of drug-likeness (QED) is 0.932. The monoisotopic (exact) mass is 325 g/mol. The fraction of sp³-hybridized carbons (Fsp3) is 0.444. The third-order valence-corrected chi connectivity index (χ3v) is 4.63. The predicted octanol–water partition coefficient (Wildman–Crippen LogP) is 2.05. The third kappa shape index (κ3) is 3.34. The van der Waals surface area contributed by atoms with Gasteiger partial charge in [-0.3, -0.25) is 4.90 Å². The number of fused-ring (bicyclic) bond motifs is 1. The van der Waals surface area contributed by atoms with Crippen LogP contribution in [0, 0.1) is 6.92 Å². The Hall–Kier alpha value is -2.18. The maximum atomic E-state index is 5.64. The predicted molar refractivity (Wildman–Crippen MR) is 94.9 cm³/mol. The number of aromatic nitrogens is 2. The maximum absolute atomic E-state index is 5.64. The lowest BCUT2D eigenvalue weighted by Gasteiger charge is -2.44. The van der Waals surface area contributed by atoms with E-state index in [1.165, 1.54) is 0 Å². The lowest BCUT2D eigenvalue weighted by molar-refractivity contribution is -0.0117. The van der Waals surface area contributed by atoms with Crippen LogP contribution in [0.15, 0.2) is 36.4 Å². The van der Waals surface area contributed by atoms with Gasteiger partial charge in [0.15, 0.2) is 0 Å². The highest BCUT2D eigenvalue weighted by atomic mass is 16.5. The molecule has 0 radical (unpaired) electrons. The number of aryl methyl sites for hydroxylation is 1. The average Bonchev–Trinajstić information content (AvgIpc) is 2.62. The van der Waals surface area contributed by atoms with Crippen LogP contribution in [0.25, 0.3) is 0 Å². The van der Waals surface area contributed by atoms with Crippen LogP contribution in [0.5, 0.6) is 0 Å². The van der Waals surface area contributed by atoms with Crippen LogP contribution >= 0.6 is 0 Å². The first-order valence-corrected chi connectivity index (χ1v) is 8.52. The van der Waals surface area contributed by atoms with E-state index in [1.54, 1.807) is 0 Å². The average molecular weight is 325 g/mol. The van der Waals surface area contributed by atoms with E-state index in [2.05, 4.69) is 25.1 Å². The first-order chi connectivity index (χ1) is 11.8. The van der Waals surface area contributed by atoms with Crippen molar-refractivity contribution in [2.45, 2.75) is 13.0 Å². The highest BCUT2D eigenvalue weighted by molar-refractivity contribution is 5.59. The van der Waals surface area contributed by atoms with Gasteiger partial charge in [0.25, 0.3) is 0 Å². The molecule has 2 aliphatic heterocycles. The van der Waals surface area contributed by atoms with E-state index in [1.807, 2.05) is 43.3 Å². The minimum Gasteiger partial charge on any atom is -0.378 e. The van der Waals surface area contributed by atoms with Crippen molar-refractivity contribution in [1.29, 1.82) is 0 Å². The molecule has 2 aromatic rings. The standard InChI is InChI=1S/C18H23N5O/c1-14-19-17(21-15-5-3-2-4-6-15)11-18(20-14)23-8-7-22-9-10-24-13-16(22)12-23/h2-6,11,16H,7-10,12-13H2,1H3,(H,19,20,21). The van der Waals surface area contributed by atoms with Gasteiger partial charge in [-0.25, -0.2) is 9.97 Å². The topological polar surface area (TPSA) is 53.5 Å². The summed E-state index contributed by atoms with van der Waals surface area (Å²) < 4.78 is 5.64. The molecule has 3 heterocycles. The van der Waals surface area contributed by atoms with Crippen molar-refractivity contribution in [3.05, 3.63) is 42.2 Å². The second-order valence-corrected chi connectivity index (χ2v) is 6.36. The number of piperazine rings is 1. The largest absolute Gasteiger partial charge is 0.378 e. The van der Waals surface area contributed by atoms with Crippen LogP contribution < -0.4 is 10.2 Å². The molecule has 0 amide bonds. The molecule has 1 unspecified atom stereocenters. The third-order valence-electron chi connectivity index (χ3n) is 4.63. The minimum absolute atomic E-state index is 0.466. The number of morpholine rings is 1. The molecule has 2 fully saturated rings. The number of nitrogens with one attached hydrogen (secondary N) is 1. The molecule has 2 aliphatic rings. The summed E-state index contributed by atoms with van der Waals surface area (Å²) in [6.45, 7) is 7.68. The van der Waals surface area contributed by atoms with Crippen LogP contribution in [-0.4, -0.2) is 60.3 Å². The van der Waals surface area contributed by atoms with E-state index < -0.39 is 0 Å². The Bertz CT molecular complexity index is 693. The van der Waals surface area contributed by atoms with Gasteiger partial charge in [-0.2, -0.15) is 0 Å². The van der Waals surface area contributed by atoms with E-state index in [0.29, 0.717) is 6.04 Å². The zero-order chi connectivity index (χ0) is 16.4. The lowest BCUT2D eigenvalue weighted by atomic mass is 10.1. The number of anilines is 3. The molecule has 2 saturated heterocycles. The molecule has 4 rings (SSSR count). The summed E-state index contributed by atoms with van der Waals surface area (Å²) in [6.07, 6.45) is 0. The van der Waals surface area contributed by atoms with Crippen molar-refractivity contribution in [2.75, 3.05) is 49.6 Å².